The Morgan fingerprint density at radius 3 is 2.78 bits per heavy atom. The summed E-state index contributed by atoms with van der Waals surface area (Å²) < 4.78 is 0.980. The van der Waals surface area contributed by atoms with E-state index in [0.717, 1.165) is 9.35 Å². The Balaban J connectivity index is 2.06. The van der Waals surface area contributed by atoms with Gasteiger partial charge < -0.3 is 5.32 Å². The molecule has 0 radical (unpaired) electrons. The zero-order valence-electron chi connectivity index (χ0n) is 8.91. The summed E-state index contributed by atoms with van der Waals surface area (Å²) in [6.07, 6.45) is 0. The second kappa shape index (κ2) is 6.02. The fourth-order valence-electron chi connectivity index (χ4n) is 1.29. The van der Waals surface area contributed by atoms with E-state index in [-0.39, 0.29) is 16.2 Å². The smallest absolute Gasteiger partial charge is 0.254 e. The van der Waals surface area contributed by atoms with Crippen molar-refractivity contribution in [3.63, 3.8) is 0 Å². The molecule has 0 bridgehead atoms. The molecule has 0 aliphatic carbocycles. The van der Waals surface area contributed by atoms with Crippen LogP contribution in [-0.4, -0.2) is 10.9 Å². The normalized spacial score (nSPS) is 10.4. The van der Waals surface area contributed by atoms with E-state index in [4.69, 9.17) is 23.2 Å². The number of thiophene rings is 1. The first-order valence-electron chi connectivity index (χ1n) is 4.90. The summed E-state index contributed by atoms with van der Waals surface area (Å²) in [6.45, 7) is 0.441. The van der Waals surface area contributed by atoms with Crippen molar-refractivity contribution in [3.05, 3.63) is 48.8 Å². The van der Waals surface area contributed by atoms with Gasteiger partial charge in [0.1, 0.15) is 10.3 Å². The van der Waals surface area contributed by atoms with Crippen LogP contribution < -0.4 is 5.32 Å². The third kappa shape index (κ3) is 3.23. The summed E-state index contributed by atoms with van der Waals surface area (Å²) in [7, 11) is 0. The Bertz CT molecular complexity index is 588. The predicted molar refractivity (Wildman–Crippen MR) is 77.4 cm³/mol. The summed E-state index contributed by atoms with van der Waals surface area (Å²) in [5.74, 6) is -0.274. The van der Waals surface area contributed by atoms with Crippen LogP contribution >= 0.6 is 50.5 Å². The Morgan fingerprint density at radius 2 is 2.17 bits per heavy atom. The molecule has 3 nitrogen and oxygen atoms in total. The molecule has 0 fully saturated rings. The third-order valence-electron chi connectivity index (χ3n) is 2.16. The molecule has 0 saturated carbocycles. The van der Waals surface area contributed by atoms with Crippen LogP contribution in [0.15, 0.2) is 28.1 Å². The molecular weight excluding hydrogens is 359 g/mol. The van der Waals surface area contributed by atoms with Crippen LogP contribution in [-0.2, 0) is 6.54 Å². The Morgan fingerprint density at radius 1 is 1.39 bits per heavy atom. The van der Waals surface area contributed by atoms with Gasteiger partial charge in [-0.2, -0.15) is 0 Å². The number of hydrogen-bond donors (Lipinski definition) is 1. The summed E-state index contributed by atoms with van der Waals surface area (Å²) >= 11 is 16.5. The minimum Gasteiger partial charge on any atom is -0.347 e. The zero-order valence-corrected chi connectivity index (χ0v) is 12.8. The number of aromatic nitrogens is 1. The van der Waals surface area contributed by atoms with Crippen LogP contribution in [0.4, 0.5) is 0 Å². The van der Waals surface area contributed by atoms with E-state index in [9.17, 15) is 4.79 Å². The molecule has 2 aromatic rings. The highest BCUT2D eigenvalue weighted by Crippen LogP contribution is 2.22. The van der Waals surface area contributed by atoms with Crippen LogP contribution in [0.3, 0.4) is 0 Å². The SMILES string of the molecule is O=C(NCc1sccc1Br)c1ccc(Cl)nc1Cl. The monoisotopic (exact) mass is 364 g/mol. The number of halogens is 3. The minimum absolute atomic E-state index is 0.102. The Labute approximate surface area is 126 Å². The van der Waals surface area contributed by atoms with Gasteiger partial charge in [0.2, 0.25) is 0 Å². The molecule has 1 N–H and O–H groups in total. The van der Waals surface area contributed by atoms with Crippen molar-refractivity contribution < 1.29 is 4.79 Å². The zero-order chi connectivity index (χ0) is 13.1. The van der Waals surface area contributed by atoms with Gasteiger partial charge in [0.25, 0.3) is 5.91 Å². The van der Waals surface area contributed by atoms with Crippen molar-refractivity contribution >= 4 is 56.4 Å². The molecule has 0 spiro atoms. The summed E-state index contributed by atoms with van der Waals surface area (Å²) in [4.78, 5) is 16.8. The predicted octanol–water partition coefficient (Wildman–Crippen LogP) is 4.14. The highest BCUT2D eigenvalue weighted by molar-refractivity contribution is 9.10. The highest BCUT2D eigenvalue weighted by Gasteiger charge is 2.12. The maximum atomic E-state index is 11.9. The molecule has 2 heterocycles. The van der Waals surface area contributed by atoms with Crippen molar-refractivity contribution in [2.24, 2.45) is 0 Å². The molecule has 0 aliphatic rings. The van der Waals surface area contributed by atoms with E-state index in [1.165, 1.54) is 6.07 Å². The van der Waals surface area contributed by atoms with Gasteiger partial charge >= 0.3 is 0 Å². The molecule has 18 heavy (non-hydrogen) atoms. The maximum absolute atomic E-state index is 11.9. The van der Waals surface area contributed by atoms with Gasteiger partial charge in [-0.1, -0.05) is 23.2 Å². The molecule has 94 valence electrons. The van der Waals surface area contributed by atoms with Gasteiger partial charge in [0, 0.05) is 9.35 Å². The summed E-state index contributed by atoms with van der Waals surface area (Å²) in [5.41, 5.74) is 0.314. The van der Waals surface area contributed by atoms with Crippen LogP contribution in [0, 0.1) is 0 Å². The van der Waals surface area contributed by atoms with Gasteiger partial charge in [-0.05, 0) is 39.5 Å². The first kappa shape index (κ1) is 13.8. The molecule has 0 saturated heterocycles. The van der Waals surface area contributed by atoms with E-state index < -0.39 is 0 Å². The molecule has 0 atom stereocenters. The lowest BCUT2D eigenvalue weighted by atomic mass is 10.2. The van der Waals surface area contributed by atoms with Gasteiger partial charge in [0.05, 0.1) is 12.1 Å². The number of hydrogen-bond acceptors (Lipinski definition) is 3. The van der Waals surface area contributed by atoms with Crippen molar-refractivity contribution in [2.75, 3.05) is 0 Å². The number of carbonyl (C=O) groups is 1. The van der Waals surface area contributed by atoms with E-state index in [1.54, 1.807) is 17.4 Å². The topological polar surface area (TPSA) is 42.0 Å². The number of pyridine rings is 1. The van der Waals surface area contributed by atoms with Crippen molar-refractivity contribution in [3.8, 4) is 0 Å². The average molecular weight is 366 g/mol. The fourth-order valence-corrected chi connectivity index (χ4v) is 3.15. The molecule has 0 unspecified atom stereocenters. The maximum Gasteiger partial charge on any atom is 0.254 e. The molecule has 1 amide bonds. The Hall–Kier alpha value is -0.620. The lowest BCUT2D eigenvalue weighted by Gasteiger charge is -2.05. The van der Waals surface area contributed by atoms with Crippen LogP contribution in [0.2, 0.25) is 10.3 Å². The van der Waals surface area contributed by atoms with Gasteiger partial charge in [0.15, 0.2) is 0 Å². The quantitative estimate of drug-likeness (QED) is 0.830. The lowest BCUT2D eigenvalue weighted by molar-refractivity contribution is 0.0951. The van der Waals surface area contributed by atoms with Crippen LogP contribution in [0.5, 0.6) is 0 Å². The molecule has 2 aromatic heterocycles. The van der Waals surface area contributed by atoms with Crippen LogP contribution in [0.25, 0.3) is 0 Å². The molecule has 0 aliphatic heterocycles. The van der Waals surface area contributed by atoms with Gasteiger partial charge in [-0.25, -0.2) is 4.98 Å². The number of nitrogens with one attached hydrogen (secondary N) is 1. The molecular formula is C11H7BrCl2N2OS. The van der Waals surface area contributed by atoms with E-state index in [0.29, 0.717) is 12.1 Å². The standard InChI is InChI=1S/C11H7BrCl2N2OS/c12-7-3-4-18-8(7)5-15-11(17)6-1-2-9(13)16-10(6)14/h1-4H,5H2,(H,15,17). The first-order valence-corrected chi connectivity index (χ1v) is 7.33. The molecule has 0 aromatic carbocycles. The van der Waals surface area contributed by atoms with Crippen LogP contribution in [0.1, 0.15) is 15.2 Å². The number of carbonyl (C=O) groups excluding carboxylic acids is 1. The fraction of sp³-hybridized carbons (Fsp3) is 0.0909. The third-order valence-corrected chi connectivity index (χ3v) is 4.58. The molecule has 2 rings (SSSR count). The first-order chi connectivity index (χ1) is 8.58. The van der Waals surface area contributed by atoms with Crippen molar-refractivity contribution in [1.29, 1.82) is 0 Å². The van der Waals surface area contributed by atoms with Gasteiger partial charge in [-0.3, -0.25) is 4.79 Å². The van der Waals surface area contributed by atoms with E-state index in [2.05, 4.69) is 26.2 Å². The number of amides is 1. The summed E-state index contributed by atoms with van der Waals surface area (Å²) in [5, 5.41) is 5.09. The lowest BCUT2D eigenvalue weighted by Crippen LogP contribution is -2.23. The van der Waals surface area contributed by atoms with Crippen molar-refractivity contribution in [2.45, 2.75) is 6.54 Å². The second-order valence-electron chi connectivity index (χ2n) is 3.35. The second-order valence-corrected chi connectivity index (χ2v) is 5.95. The van der Waals surface area contributed by atoms with Gasteiger partial charge in [-0.15, -0.1) is 11.3 Å². The van der Waals surface area contributed by atoms with Crippen molar-refractivity contribution in [1.82, 2.24) is 10.3 Å². The number of nitrogens with zero attached hydrogens (tertiary/aromatic N) is 1. The Kier molecular flexibility index (Phi) is 4.61. The largest absolute Gasteiger partial charge is 0.347 e. The van der Waals surface area contributed by atoms with E-state index >= 15 is 0 Å². The highest BCUT2D eigenvalue weighted by atomic mass is 79.9. The average Bonchev–Trinajstić information content (AvgIpc) is 2.72. The minimum atomic E-state index is -0.274. The molecule has 7 heteroatoms. The van der Waals surface area contributed by atoms with E-state index in [1.807, 2.05) is 11.4 Å². The number of rotatable bonds is 3. The summed E-state index contributed by atoms with van der Waals surface area (Å²) in [6, 6.07) is 5.02.